The molecule has 1 saturated heterocycles. The van der Waals surface area contributed by atoms with Crippen molar-refractivity contribution in [1.29, 1.82) is 0 Å². The van der Waals surface area contributed by atoms with Gasteiger partial charge < -0.3 is 15.1 Å². The van der Waals surface area contributed by atoms with Gasteiger partial charge in [0.15, 0.2) is 0 Å². The fourth-order valence-corrected chi connectivity index (χ4v) is 2.53. The molecule has 1 aromatic carbocycles. The van der Waals surface area contributed by atoms with Crippen LogP contribution in [0.3, 0.4) is 0 Å². The Balaban J connectivity index is 1.85. The number of halogens is 1. The van der Waals surface area contributed by atoms with E-state index < -0.39 is 0 Å². The third kappa shape index (κ3) is 2.69. The Bertz CT molecular complexity index is 602. The summed E-state index contributed by atoms with van der Waals surface area (Å²) in [5, 5.41) is 11.9. The third-order valence-corrected chi connectivity index (χ3v) is 3.74. The molecule has 1 aliphatic heterocycles. The summed E-state index contributed by atoms with van der Waals surface area (Å²) in [6.45, 7) is 3.75. The molecule has 0 saturated carbocycles. The van der Waals surface area contributed by atoms with Gasteiger partial charge in [0.25, 0.3) is 0 Å². The fourth-order valence-electron chi connectivity index (χ4n) is 2.53. The standard InChI is InChI=1S/C14H19FN6/c1-19(12-5-3-11(15)4-6-12)13-17-18-14(20(13)2)21-9-7-16-8-10-21/h3-6,16H,7-10H2,1-2H3. The molecule has 1 N–H and O–H groups in total. The first-order valence-corrected chi connectivity index (χ1v) is 7.01. The number of nitrogens with one attached hydrogen (secondary N) is 1. The van der Waals surface area contributed by atoms with Gasteiger partial charge in [-0.1, -0.05) is 0 Å². The molecule has 2 aromatic rings. The number of anilines is 3. The smallest absolute Gasteiger partial charge is 0.232 e. The van der Waals surface area contributed by atoms with E-state index in [1.165, 1.54) is 12.1 Å². The van der Waals surface area contributed by atoms with Crippen LogP contribution >= 0.6 is 0 Å². The lowest BCUT2D eigenvalue weighted by Gasteiger charge is -2.28. The predicted molar refractivity (Wildman–Crippen MR) is 80.5 cm³/mol. The lowest BCUT2D eigenvalue weighted by Crippen LogP contribution is -2.44. The second-order valence-electron chi connectivity index (χ2n) is 5.13. The van der Waals surface area contributed by atoms with Gasteiger partial charge in [-0.25, -0.2) is 4.39 Å². The summed E-state index contributed by atoms with van der Waals surface area (Å²) in [5.74, 6) is 1.35. The third-order valence-electron chi connectivity index (χ3n) is 3.74. The number of hydrogen-bond donors (Lipinski definition) is 1. The average molecular weight is 290 g/mol. The molecule has 0 spiro atoms. The van der Waals surface area contributed by atoms with Crippen LogP contribution in [0.15, 0.2) is 24.3 Å². The zero-order valence-corrected chi connectivity index (χ0v) is 12.3. The molecule has 7 heteroatoms. The van der Waals surface area contributed by atoms with Crippen LogP contribution in [0.1, 0.15) is 0 Å². The van der Waals surface area contributed by atoms with Gasteiger partial charge in [0, 0.05) is 46.0 Å². The zero-order chi connectivity index (χ0) is 14.8. The van der Waals surface area contributed by atoms with E-state index in [-0.39, 0.29) is 5.82 Å². The van der Waals surface area contributed by atoms with Crippen LogP contribution in [0.5, 0.6) is 0 Å². The van der Waals surface area contributed by atoms with Gasteiger partial charge in [0.2, 0.25) is 11.9 Å². The maximum absolute atomic E-state index is 13.0. The summed E-state index contributed by atoms with van der Waals surface area (Å²) in [6, 6.07) is 6.35. The molecule has 0 atom stereocenters. The summed E-state index contributed by atoms with van der Waals surface area (Å²) >= 11 is 0. The Hall–Kier alpha value is -2.15. The topological polar surface area (TPSA) is 49.2 Å². The Morgan fingerprint density at radius 3 is 2.48 bits per heavy atom. The highest BCUT2D eigenvalue weighted by Gasteiger charge is 2.20. The van der Waals surface area contributed by atoms with E-state index in [1.54, 1.807) is 12.1 Å². The lowest BCUT2D eigenvalue weighted by atomic mass is 10.3. The van der Waals surface area contributed by atoms with Crippen molar-refractivity contribution >= 4 is 17.6 Å². The van der Waals surface area contributed by atoms with Crippen LogP contribution in [0.4, 0.5) is 22.0 Å². The van der Waals surface area contributed by atoms with Crippen molar-refractivity contribution in [2.24, 2.45) is 7.05 Å². The molecule has 0 unspecified atom stereocenters. The second kappa shape index (κ2) is 5.69. The number of hydrogen-bond acceptors (Lipinski definition) is 5. The quantitative estimate of drug-likeness (QED) is 0.918. The number of aromatic nitrogens is 3. The molecule has 1 aromatic heterocycles. The monoisotopic (exact) mass is 290 g/mol. The fraction of sp³-hybridized carbons (Fsp3) is 0.429. The normalized spacial score (nSPS) is 15.3. The average Bonchev–Trinajstić information content (AvgIpc) is 2.90. The zero-order valence-electron chi connectivity index (χ0n) is 12.3. The van der Waals surface area contributed by atoms with Gasteiger partial charge in [0.1, 0.15) is 5.82 Å². The predicted octanol–water partition coefficient (Wildman–Crippen LogP) is 1.13. The number of piperazine rings is 1. The molecule has 6 nitrogen and oxygen atoms in total. The molecule has 0 radical (unpaired) electrons. The molecular weight excluding hydrogens is 271 g/mol. The first-order chi connectivity index (χ1) is 10.2. The van der Waals surface area contributed by atoms with E-state index in [0.29, 0.717) is 0 Å². The van der Waals surface area contributed by atoms with E-state index >= 15 is 0 Å². The van der Waals surface area contributed by atoms with Crippen molar-refractivity contribution in [2.45, 2.75) is 0 Å². The van der Waals surface area contributed by atoms with Crippen molar-refractivity contribution in [3.05, 3.63) is 30.1 Å². The first-order valence-electron chi connectivity index (χ1n) is 7.01. The van der Waals surface area contributed by atoms with Crippen LogP contribution < -0.4 is 15.1 Å². The van der Waals surface area contributed by atoms with Crippen molar-refractivity contribution in [3.8, 4) is 0 Å². The van der Waals surface area contributed by atoms with Crippen molar-refractivity contribution in [3.63, 3.8) is 0 Å². The molecule has 0 bridgehead atoms. The van der Waals surface area contributed by atoms with E-state index in [9.17, 15) is 4.39 Å². The largest absolute Gasteiger partial charge is 0.338 e. The minimum Gasteiger partial charge on any atom is -0.338 e. The number of benzene rings is 1. The molecule has 1 aliphatic rings. The van der Waals surface area contributed by atoms with Gasteiger partial charge in [-0.05, 0) is 24.3 Å². The maximum atomic E-state index is 13.0. The van der Waals surface area contributed by atoms with E-state index in [0.717, 1.165) is 43.8 Å². The van der Waals surface area contributed by atoms with E-state index in [4.69, 9.17) is 0 Å². The summed E-state index contributed by atoms with van der Waals surface area (Å²) in [6.07, 6.45) is 0. The van der Waals surface area contributed by atoms with Crippen molar-refractivity contribution in [2.75, 3.05) is 43.0 Å². The Morgan fingerprint density at radius 1 is 1.14 bits per heavy atom. The first kappa shape index (κ1) is 13.8. The van der Waals surface area contributed by atoms with E-state index in [1.807, 2.05) is 23.6 Å². The number of nitrogens with zero attached hydrogens (tertiary/aromatic N) is 5. The van der Waals surface area contributed by atoms with Crippen molar-refractivity contribution in [1.82, 2.24) is 20.1 Å². The molecule has 0 aliphatic carbocycles. The van der Waals surface area contributed by atoms with Crippen LogP contribution in [-0.2, 0) is 7.05 Å². The van der Waals surface area contributed by atoms with Crippen molar-refractivity contribution < 1.29 is 4.39 Å². The molecule has 21 heavy (non-hydrogen) atoms. The summed E-state index contributed by atoms with van der Waals surface area (Å²) in [5.41, 5.74) is 0.874. The van der Waals surface area contributed by atoms with E-state index in [2.05, 4.69) is 20.4 Å². The van der Waals surface area contributed by atoms with Gasteiger partial charge in [-0.15, -0.1) is 10.2 Å². The second-order valence-corrected chi connectivity index (χ2v) is 5.13. The Labute approximate surface area is 123 Å². The Kier molecular flexibility index (Phi) is 3.74. The lowest BCUT2D eigenvalue weighted by molar-refractivity contribution is 0.573. The highest BCUT2D eigenvalue weighted by atomic mass is 19.1. The molecule has 2 heterocycles. The molecule has 0 amide bonds. The SMILES string of the molecule is CN(c1ccc(F)cc1)c1nnc(N2CCNCC2)n1C. The molecule has 112 valence electrons. The highest BCUT2D eigenvalue weighted by Crippen LogP contribution is 2.24. The van der Waals surface area contributed by atoms with Crippen LogP contribution in [0.2, 0.25) is 0 Å². The molecule has 3 rings (SSSR count). The van der Waals surface area contributed by atoms with Crippen LogP contribution in [0.25, 0.3) is 0 Å². The minimum absolute atomic E-state index is 0.244. The van der Waals surface area contributed by atoms with Gasteiger partial charge in [0.05, 0.1) is 0 Å². The summed E-state index contributed by atoms with van der Waals surface area (Å²) in [4.78, 5) is 4.11. The van der Waals surface area contributed by atoms with Gasteiger partial charge in [-0.3, -0.25) is 4.57 Å². The molecule has 1 fully saturated rings. The van der Waals surface area contributed by atoms with Crippen LogP contribution in [-0.4, -0.2) is 48.0 Å². The number of rotatable bonds is 3. The van der Waals surface area contributed by atoms with Gasteiger partial charge in [-0.2, -0.15) is 0 Å². The van der Waals surface area contributed by atoms with Crippen LogP contribution in [0, 0.1) is 5.82 Å². The molecular formula is C14H19FN6. The Morgan fingerprint density at radius 2 is 1.81 bits per heavy atom. The summed E-state index contributed by atoms with van der Waals surface area (Å²) in [7, 11) is 3.85. The van der Waals surface area contributed by atoms with Gasteiger partial charge >= 0.3 is 0 Å². The summed E-state index contributed by atoms with van der Waals surface area (Å²) < 4.78 is 15.0. The highest BCUT2D eigenvalue weighted by molar-refractivity contribution is 5.57. The maximum Gasteiger partial charge on any atom is 0.232 e. The minimum atomic E-state index is -0.244.